The Kier molecular flexibility index (Phi) is 3.92. The van der Waals surface area contributed by atoms with Crippen molar-refractivity contribution in [2.24, 2.45) is 5.41 Å². The van der Waals surface area contributed by atoms with Crippen LogP contribution in [0.2, 0.25) is 0 Å². The lowest BCUT2D eigenvalue weighted by Gasteiger charge is -2.45. The Hall–Kier alpha value is -2.06. The molecule has 3 rings (SSSR count). The molecule has 1 heterocycles. The van der Waals surface area contributed by atoms with Crippen molar-refractivity contribution >= 4 is 17.1 Å². The third-order valence-electron chi connectivity index (χ3n) is 5.03. The first-order valence-electron chi connectivity index (χ1n) is 7.49. The van der Waals surface area contributed by atoms with E-state index in [4.69, 9.17) is 9.59 Å². The largest absolute Gasteiger partial charge is 0.428 e. The van der Waals surface area contributed by atoms with Gasteiger partial charge in [0.05, 0.1) is 11.2 Å². The topological polar surface area (TPSA) is 59.3 Å². The van der Waals surface area contributed by atoms with Crippen LogP contribution < -0.4 is 0 Å². The average molecular weight is 301 g/mol. The van der Waals surface area contributed by atoms with Crippen LogP contribution in [-0.2, 0) is 15.0 Å². The summed E-state index contributed by atoms with van der Waals surface area (Å²) in [6.45, 7) is 11.5. The summed E-state index contributed by atoms with van der Waals surface area (Å²) in [6, 6.07) is 8.19. The quantitative estimate of drug-likeness (QED) is 0.745. The zero-order valence-electron chi connectivity index (χ0n) is 13.8. The fourth-order valence-corrected chi connectivity index (χ4v) is 4.10. The molecule has 0 saturated carbocycles. The summed E-state index contributed by atoms with van der Waals surface area (Å²) in [7, 11) is 0. The number of benzene rings is 1. The van der Waals surface area contributed by atoms with Gasteiger partial charge in [-0.2, -0.15) is 14.3 Å². The minimum absolute atomic E-state index is 0.000880. The molecule has 1 aromatic heterocycles. The van der Waals surface area contributed by atoms with Crippen molar-refractivity contribution in [2.45, 2.75) is 52.4 Å². The van der Waals surface area contributed by atoms with Crippen LogP contribution >= 0.6 is 0 Å². The molecule has 0 aliphatic heterocycles. The highest BCUT2D eigenvalue weighted by atomic mass is 16.5. The van der Waals surface area contributed by atoms with E-state index in [9.17, 15) is 5.21 Å². The van der Waals surface area contributed by atoms with Crippen LogP contribution in [0.5, 0.6) is 0 Å². The van der Waals surface area contributed by atoms with E-state index in [2.05, 4.69) is 46.8 Å². The van der Waals surface area contributed by atoms with E-state index in [0.29, 0.717) is 5.92 Å². The molecule has 1 aromatic carbocycles. The van der Waals surface area contributed by atoms with Gasteiger partial charge < -0.3 is 5.21 Å². The fraction of sp³-hybridized carbons (Fsp3) is 0.500. The molecule has 0 saturated heterocycles. The standard InChI is InChI=1S/C17H23NO.CO2/c1-11-14-12-8-6-7-9-13(12)18(19)15(14)17(4,5)10-16(11,2)3;2-1-3/h6-9,11,19H,10H2,1-5H3;. The van der Waals surface area contributed by atoms with E-state index in [1.54, 1.807) is 0 Å². The van der Waals surface area contributed by atoms with Crippen LogP contribution in [0.25, 0.3) is 10.9 Å². The van der Waals surface area contributed by atoms with E-state index in [0.717, 1.165) is 17.6 Å². The van der Waals surface area contributed by atoms with Crippen LogP contribution in [0.1, 0.15) is 58.2 Å². The molecule has 1 atom stereocenters. The smallest absolute Gasteiger partial charge is 0.373 e. The second-order valence-electron chi connectivity index (χ2n) is 7.45. The second-order valence-corrected chi connectivity index (χ2v) is 7.45. The molecule has 1 unspecified atom stereocenters. The fourth-order valence-electron chi connectivity index (χ4n) is 4.10. The lowest BCUT2D eigenvalue weighted by Crippen LogP contribution is -2.38. The predicted octanol–water partition coefficient (Wildman–Crippen LogP) is 4.11. The monoisotopic (exact) mass is 301 g/mol. The molecular formula is C18H23NO3. The van der Waals surface area contributed by atoms with Crippen LogP contribution in [0, 0.1) is 5.41 Å². The van der Waals surface area contributed by atoms with Crippen molar-refractivity contribution in [3.63, 3.8) is 0 Å². The molecule has 1 aliphatic carbocycles. The van der Waals surface area contributed by atoms with Crippen molar-refractivity contribution < 1.29 is 14.8 Å². The van der Waals surface area contributed by atoms with E-state index in [1.165, 1.54) is 15.7 Å². The maximum absolute atomic E-state index is 10.6. The number of rotatable bonds is 0. The van der Waals surface area contributed by atoms with Gasteiger partial charge in [-0.15, -0.1) is 0 Å². The molecule has 118 valence electrons. The Morgan fingerprint density at radius 3 is 2.32 bits per heavy atom. The zero-order chi connectivity index (χ0) is 16.7. The summed E-state index contributed by atoms with van der Waals surface area (Å²) in [4.78, 5) is 16.2. The summed E-state index contributed by atoms with van der Waals surface area (Å²) >= 11 is 0. The number of carbonyl (C=O) groups excluding carboxylic acids is 2. The Labute approximate surface area is 130 Å². The van der Waals surface area contributed by atoms with Gasteiger partial charge in [0.25, 0.3) is 0 Å². The van der Waals surface area contributed by atoms with Crippen molar-refractivity contribution in [3.05, 3.63) is 35.5 Å². The maximum atomic E-state index is 10.6. The summed E-state index contributed by atoms with van der Waals surface area (Å²) < 4.78 is 1.43. The first-order chi connectivity index (χ1) is 10.2. The molecule has 0 bridgehead atoms. The van der Waals surface area contributed by atoms with Gasteiger partial charge in [0.15, 0.2) is 0 Å². The Balaban J connectivity index is 0.000000545. The zero-order valence-corrected chi connectivity index (χ0v) is 13.8. The number of hydrogen-bond donors (Lipinski definition) is 1. The van der Waals surface area contributed by atoms with Gasteiger partial charge >= 0.3 is 6.15 Å². The highest BCUT2D eigenvalue weighted by Crippen LogP contribution is 2.54. The molecule has 4 heteroatoms. The van der Waals surface area contributed by atoms with Crippen molar-refractivity contribution in [2.75, 3.05) is 0 Å². The first kappa shape index (κ1) is 16.3. The number of aromatic nitrogens is 1. The van der Waals surface area contributed by atoms with E-state index in [1.807, 2.05) is 12.1 Å². The molecule has 0 spiro atoms. The van der Waals surface area contributed by atoms with Crippen molar-refractivity contribution in [1.29, 1.82) is 0 Å². The average Bonchev–Trinajstić information content (AvgIpc) is 2.71. The highest BCUT2D eigenvalue weighted by Gasteiger charge is 2.45. The molecule has 0 radical (unpaired) electrons. The van der Waals surface area contributed by atoms with E-state index >= 15 is 0 Å². The SMILES string of the molecule is CC1c2c(n(O)c3ccccc23)C(C)(C)CC1(C)C.O=C=O. The Bertz CT molecular complexity index is 734. The molecule has 4 nitrogen and oxygen atoms in total. The van der Waals surface area contributed by atoms with Gasteiger partial charge in [-0.1, -0.05) is 52.8 Å². The van der Waals surface area contributed by atoms with Gasteiger partial charge in [-0.25, -0.2) is 0 Å². The molecule has 1 aliphatic rings. The predicted molar refractivity (Wildman–Crippen MR) is 84.0 cm³/mol. The molecule has 2 aromatic rings. The maximum Gasteiger partial charge on any atom is 0.373 e. The van der Waals surface area contributed by atoms with E-state index in [-0.39, 0.29) is 17.0 Å². The van der Waals surface area contributed by atoms with E-state index < -0.39 is 0 Å². The van der Waals surface area contributed by atoms with Gasteiger partial charge in [0.1, 0.15) is 0 Å². The normalized spacial score (nSPS) is 21.4. The Morgan fingerprint density at radius 1 is 1.18 bits per heavy atom. The molecule has 0 fully saturated rings. The number of fused-ring (bicyclic) bond motifs is 3. The first-order valence-corrected chi connectivity index (χ1v) is 7.49. The number of nitrogens with zero attached hydrogens (tertiary/aromatic N) is 1. The molecule has 0 amide bonds. The highest BCUT2D eigenvalue weighted by molar-refractivity contribution is 5.86. The second kappa shape index (κ2) is 5.29. The van der Waals surface area contributed by atoms with Crippen LogP contribution in [0.15, 0.2) is 24.3 Å². The Morgan fingerprint density at radius 2 is 1.73 bits per heavy atom. The number of hydrogen-bond acceptors (Lipinski definition) is 3. The minimum atomic E-state index is -0.000880. The lowest BCUT2D eigenvalue weighted by atomic mass is 9.60. The van der Waals surface area contributed by atoms with Crippen molar-refractivity contribution in [3.8, 4) is 0 Å². The molecule has 1 N–H and O–H groups in total. The van der Waals surface area contributed by atoms with Gasteiger partial charge in [-0.3, -0.25) is 0 Å². The number of para-hydroxylation sites is 1. The lowest BCUT2D eigenvalue weighted by molar-refractivity contribution is -0.191. The van der Waals surface area contributed by atoms with Gasteiger partial charge in [-0.05, 0) is 29.4 Å². The van der Waals surface area contributed by atoms with Crippen LogP contribution in [0.4, 0.5) is 0 Å². The minimum Gasteiger partial charge on any atom is -0.428 e. The van der Waals surface area contributed by atoms with Gasteiger partial charge in [0, 0.05) is 10.8 Å². The summed E-state index contributed by atoms with van der Waals surface area (Å²) in [5.74, 6) is 0.453. The van der Waals surface area contributed by atoms with Crippen LogP contribution in [0.3, 0.4) is 0 Å². The van der Waals surface area contributed by atoms with Gasteiger partial charge in [0.2, 0.25) is 0 Å². The third kappa shape index (κ3) is 2.34. The molecular weight excluding hydrogens is 278 g/mol. The van der Waals surface area contributed by atoms with Crippen LogP contribution in [-0.4, -0.2) is 16.1 Å². The third-order valence-corrected chi connectivity index (χ3v) is 5.03. The van der Waals surface area contributed by atoms with Crippen molar-refractivity contribution in [1.82, 2.24) is 4.73 Å². The summed E-state index contributed by atoms with van der Waals surface area (Å²) in [5.41, 5.74) is 3.62. The summed E-state index contributed by atoms with van der Waals surface area (Å²) in [6.07, 6.45) is 1.34. The summed E-state index contributed by atoms with van der Waals surface area (Å²) in [5, 5.41) is 11.8. The molecule has 22 heavy (non-hydrogen) atoms.